The fourth-order valence-corrected chi connectivity index (χ4v) is 2.51. The van der Waals surface area contributed by atoms with Gasteiger partial charge in [-0.15, -0.1) is 5.10 Å². The van der Waals surface area contributed by atoms with Crippen molar-refractivity contribution < 1.29 is 9.59 Å². The van der Waals surface area contributed by atoms with Gasteiger partial charge in [0, 0.05) is 19.0 Å². The summed E-state index contributed by atoms with van der Waals surface area (Å²) in [6.45, 7) is 0.385. The third kappa shape index (κ3) is 3.06. The normalized spacial score (nSPS) is 17.3. The lowest BCUT2D eigenvalue weighted by Gasteiger charge is -2.12. The van der Waals surface area contributed by atoms with Crippen molar-refractivity contribution >= 4 is 23.4 Å². The number of carbonyl (C=O) groups excluding carboxylic acids is 2. The Bertz CT molecular complexity index is 703. The lowest BCUT2D eigenvalue weighted by Crippen LogP contribution is -2.38. The number of amides is 2. The van der Waals surface area contributed by atoms with E-state index in [1.165, 1.54) is 11.0 Å². The Hall–Kier alpha value is -2.48. The molecule has 9 heteroatoms. The summed E-state index contributed by atoms with van der Waals surface area (Å²) in [5, 5.41) is 16.7. The maximum atomic E-state index is 12.1. The van der Waals surface area contributed by atoms with Gasteiger partial charge < -0.3 is 10.6 Å². The van der Waals surface area contributed by atoms with Crippen LogP contribution in [0.25, 0.3) is 5.69 Å². The predicted octanol–water partition coefficient (Wildman–Crippen LogP) is 0.324. The molecule has 22 heavy (non-hydrogen) atoms. The first-order valence-corrected chi connectivity index (χ1v) is 7.12. The molecule has 1 aliphatic rings. The highest BCUT2D eigenvalue weighted by Crippen LogP contribution is 2.19. The quantitative estimate of drug-likeness (QED) is 0.845. The third-order valence-corrected chi connectivity index (χ3v) is 3.72. The molecule has 2 heterocycles. The van der Waals surface area contributed by atoms with Crippen molar-refractivity contribution in [1.29, 1.82) is 0 Å². The third-order valence-electron chi connectivity index (χ3n) is 3.40. The maximum Gasteiger partial charge on any atom is 0.252 e. The standard InChI is InChI=1S/C13H13ClN6O2/c14-11-5-9(20-7-16-18-19-20)2-3-10(11)13(22)15-6-8-1-4-12(21)17-8/h2-3,5,7-8H,1,4,6H2,(H,15,22)(H,17,21)/t8-/m0/s1. The molecule has 0 aliphatic carbocycles. The molecule has 8 nitrogen and oxygen atoms in total. The minimum atomic E-state index is -0.283. The van der Waals surface area contributed by atoms with Gasteiger partial charge in [0.1, 0.15) is 6.33 Å². The molecule has 1 saturated heterocycles. The molecule has 1 aliphatic heterocycles. The average molecular weight is 321 g/mol. The Kier molecular flexibility index (Phi) is 4.01. The van der Waals surface area contributed by atoms with Crippen LogP contribution < -0.4 is 10.6 Å². The zero-order valence-electron chi connectivity index (χ0n) is 11.5. The molecule has 2 amide bonds. The number of benzene rings is 1. The van der Waals surface area contributed by atoms with Crippen molar-refractivity contribution in [2.24, 2.45) is 0 Å². The fraction of sp³-hybridized carbons (Fsp3) is 0.308. The summed E-state index contributed by atoms with van der Waals surface area (Å²) in [5.74, 6) is -0.266. The Morgan fingerprint density at radius 2 is 2.36 bits per heavy atom. The van der Waals surface area contributed by atoms with Gasteiger partial charge in [0.15, 0.2) is 0 Å². The van der Waals surface area contributed by atoms with E-state index in [-0.39, 0.29) is 17.9 Å². The van der Waals surface area contributed by atoms with E-state index in [1.807, 2.05) is 0 Å². The molecule has 2 N–H and O–H groups in total. The lowest BCUT2D eigenvalue weighted by molar-refractivity contribution is -0.119. The molecule has 0 spiro atoms. The van der Waals surface area contributed by atoms with E-state index in [2.05, 4.69) is 26.2 Å². The first-order valence-electron chi connectivity index (χ1n) is 6.74. The Labute approximate surface area is 130 Å². The molecule has 1 aromatic heterocycles. The number of aromatic nitrogens is 4. The zero-order chi connectivity index (χ0) is 15.5. The summed E-state index contributed by atoms with van der Waals surface area (Å²) in [5.41, 5.74) is 1.03. The van der Waals surface area contributed by atoms with Gasteiger partial charge in [-0.05, 0) is 35.0 Å². The topological polar surface area (TPSA) is 102 Å². The highest BCUT2D eigenvalue weighted by Gasteiger charge is 2.21. The molecular formula is C13H13ClN6O2. The van der Waals surface area contributed by atoms with Gasteiger partial charge in [0.05, 0.1) is 16.3 Å². The number of hydrogen-bond donors (Lipinski definition) is 2. The smallest absolute Gasteiger partial charge is 0.252 e. The summed E-state index contributed by atoms with van der Waals surface area (Å²) in [6.07, 6.45) is 2.67. The van der Waals surface area contributed by atoms with Gasteiger partial charge in [-0.25, -0.2) is 4.68 Å². The highest BCUT2D eigenvalue weighted by atomic mass is 35.5. The number of halogens is 1. The van der Waals surface area contributed by atoms with Crippen LogP contribution in [0.3, 0.4) is 0 Å². The van der Waals surface area contributed by atoms with Crippen molar-refractivity contribution in [3.05, 3.63) is 35.1 Å². The van der Waals surface area contributed by atoms with Crippen molar-refractivity contribution in [2.45, 2.75) is 18.9 Å². The molecule has 0 radical (unpaired) electrons. The largest absolute Gasteiger partial charge is 0.352 e. The van der Waals surface area contributed by atoms with Gasteiger partial charge in [-0.1, -0.05) is 11.6 Å². The van der Waals surface area contributed by atoms with Crippen molar-refractivity contribution in [3.8, 4) is 5.69 Å². The van der Waals surface area contributed by atoms with Crippen LogP contribution in [0.2, 0.25) is 5.02 Å². The Balaban J connectivity index is 1.66. The number of rotatable bonds is 4. The van der Waals surface area contributed by atoms with Gasteiger partial charge in [-0.3, -0.25) is 9.59 Å². The second-order valence-corrected chi connectivity index (χ2v) is 5.34. The summed E-state index contributed by atoms with van der Waals surface area (Å²) < 4.78 is 1.45. The minimum Gasteiger partial charge on any atom is -0.352 e. The van der Waals surface area contributed by atoms with Crippen LogP contribution in [0.4, 0.5) is 0 Å². The van der Waals surface area contributed by atoms with Crippen LogP contribution in [0, 0.1) is 0 Å². The van der Waals surface area contributed by atoms with Crippen LogP contribution in [0.15, 0.2) is 24.5 Å². The van der Waals surface area contributed by atoms with E-state index in [4.69, 9.17) is 11.6 Å². The fourth-order valence-electron chi connectivity index (χ4n) is 2.25. The highest BCUT2D eigenvalue weighted by molar-refractivity contribution is 6.34. The molecule has 2 aromatic rings. The lowest BCUT2D eigenvalue weighted by atomic mass is 10.1. The van der Waals surface area contributed by atoms with Crippen molar-refractivity contribution in [2.75, 3.05) is 6.54 Å². The first kappa shape index (κ1) is 14.5. The van der Waals surface area contributed by atoms with Crippen LogP contribution in [0.1, 0.15) is 23.2 Å². The molecular weight excluding hydrogens is 308 g/mol. The van der Waals surface area contributed by atoms with E-state index < -0.39 is 0 Å². The molecule has 114 valence electrons. The molecule has 1 fully saturated rings. The predicted molar refractivity (Wildman–Crippen MR) is 77.7 cm³/mol. The van der Waals surface area contributed by atoms with Crippen LogP contribution in [0.5, 0.6) is 0 Å². The van der Waals surface area contributed by atoms with E-state index >= 15 is 0 Å². The second-order valence-electron chi connectivity index (χ2n) is 4.93. The van der Waals surface area contributed by atoms with Crippen LogP contribution in [-0.4, -0.2) is 44.6 Å². The molecule has 0 unspecified atom stereocenters. The second kappa shape index (κ2) is 6.10. The number of tetrazole rings is 1. The summed E-state index contributed by atoms with van der Waals surface area (Å²) in [4.78, 5) is 23.3. The van der Waals surface area contributed by atoms with E-state index in [1.54, 1.807) is 18.2 Å². The van der Waals surface area contributed by atoms with Gasteiger partial charge in [0.25, 0.3) is 5.91 Å². The van der Waals surface area contributed by atoms with Gasteiger partial charge >= 0.3 is 0 Å². The molecule has 3 rings (SSSR count). The Morgan fingerprint density at radius 3 is 3.00 bits per heavy atom. The van der Waals surface area contributed by atoms with Crippen LogP contribution in [-0.2, 0) is 4.79 Å². The minimum absolute atomic E-state index is 0.0167. The average Bonchev–Trinajstić information content (AvgIpc) is 3.16. The van der Waals surface area contributed by atoms with Crippen molar-refractivity contribution in [3.63, 3.8) is 0 Å². The summed E-state index contributed by atoms with van der Waals surface area (Å²) >= 11 is 6.15. The maximum absolute atomic E-state index is 12.1. The van der Waals surface area contributed by atoms with Gasteiger partial charge in [-0.2, -0.15) is 0 Å². The first-order chi connectivity index (χ1) is 10.6. The number of hydrogen-bond acceptors (Lipinski definition) is 5. The van der Waals surface area contributed by atoms with Gasteiger partial charge in [0.2, 0.25) is 5.91 Å². The zero-order valence-corrected chi connectivity index (χ0v) is 12.2. The monoisotopic (exact) mass is 320 g/mol. The SMILES string of the molecule is O=C1CC[C@@H](CNC(=O)c2ccc(-n3cnnn3)cc2Cl)N1. The van der Waals surface area contributed by atoms with E-state index in [0.29, 0.717) is 29.2 Å². The molecule has 1 aromatic carbocycles. The molecule has 1 atom stereocenters. The molecule has 0 bridgehead atoms. The number of nitrogens with zero attached hydrogens (tertiary/aromatic N) is 4. The van der Waals surface area contributed by atoms with E-state index in [0.717, 1.165) is 6.42 Å². The van der Waals surface area contributed by atoms with Crippen molar-refractivity contribution in [1.82, 2.24) is 30.8 Å². The number of nitrogens with one attached hydrogen (secondary N) is 2. The van der Waals surface area contributed by atoms with E-state index in [9.17, 15) is 9.59 Å². The summed E-state index contributed by atoms with van der Waals surface area (Å²) in [7, 11) is 0. The van der Waals surface area contributed by atoms with Crippen LogP contribution >= 0.6 is 11.6 Å². The Morgan fingerprint density at radius 1 is 1.50 bits per heavy atom. The summed E-state index contributed by atoms with van der Waals surface area (Å²) in [6, 6.07) is 4.91. The molecule has 0 saturated carbocycles. The number of carbonyl (C=O) groups is 2.